The highest BCUT2D eigenvalue weighted by Crippen LogP contribution is 2.38. The normalized spacial score (nSPS) is 10.1. The number of primary amides is 1. The number of aromatic amines is 1. The topological polar surface area (TPSA) is 132 Å². The number of H-pyrrole nitrogens is 1. The number of carbonyl (C=O) groups is 2. The van der Waals surface area contributed by atoms with Gasteiger partial charge in [-0.2, -0.15) is 15.4 Å². The fourth-order valence-electron chi connectivity index (χ4n) is 1.96. The largest absolute Gasteiger partial charge is 0.493 e. The second-order valence-electron chi connectivity index (χ2n) is 4.32. The number of ether oxygens (including phenoxy) is 2. The van der Waals surface area contributed by atoms with Gasteiger partial charge >= 0.3 is 0 Å². The van der Waals surface area contributed by atoms with Crippen LogP contribution in [0.2, 0.25) is 0 Å². The van der Waals surface area contributed by atoms with E-state index < -0.39 is 5.91 Å². The molecule has 116 valence electrons. The number of aromatic nitrogens is 3. The van der Waals surface area contributed by atoms with E-state index in [1.807, 2.05) is 0 Å². The van der Waals surface area contributed by atoms with Crippen molar-refractivity contribution in [3.63, 3.8) is 0 Å². The zero-order chi connectivity index (χ0) is 16.3. The van der Waals surface area contributed by atoms with Gasteiger partial charge < -0.3 is 20.5 Å². The van der Waals surface area contributed by atoms with Gasteiger partial charge in [0.2, 0.25) is 5.91 Å². The van der Waals surface area contributed by atoms with Crippen LogP contribution < -0.4 is 20.5 Å². The first-order valence-electron chi connectivity index (χ1n) is 6.22. The number of rotatable bonds is 5. The highest BCUT2D eigenvalue weighted by molar-refractivity contribution is 6.01. The van der Waals surface area contributed by atoms with Gasteiger partial charge in [-0.3, -0.25) is 9.59 Å². The van der Waals surface area contributed by atoms with Crippen LogP contribution in [0.3, 0.4) is 0 Å². The average Bonchev–Trinajstić information content (AvgIpc) is 2.95. The van der Waals surface area contributed by atoms with E-state index in [0.29, 0.717) is 22.7 Å². The first-order chi connectivity index (χ1) is 10.5. The Kier molecular flexibility index (Phi) is 4.25. The van der Waals surface area contributed by atoms with Crippen LogP contribution in [-0.4, -0.2) is 41.4 Å². The Morgan fingerprint density at radius 2 is 1.82 bits per heavy atom. The first kappa shape index (κ1) is 15.3. The van der Waals surface area contributed by atoms with Crippen molar-refractivity contribution >= 4 is 17.5 Å². The number of carbonyl (C=O) groups excluding carboxylic acids is 2. The van der Waals surface area contributed by atoms with E-state index in [-0.39, 0.29) is 17.3 Å². The van der Waals surface area contributed by atoms with Crippen molar-refractivity contribution in [2.45, 2.75) is 6.92 Å². The number of hydrogen-bond donors (Lipinski definition) is 3. The number of nitrogens with two attached hydrogens (primary N) is 1. The van der Waals surface area contributed by atoms with Crippen molar-refractivity contribution in [2.75, 3.05) is 19.5 Å². The standard InChI is InChI=1S/C13H15N5O4/c1-6(19)15-8-5-10(22-3)9(21-2)4-7(8)11-12(13(14)20)17-18-16-11/h4-5H,1-3H3,(H2,14,20)(H,15,19)(H,16,17,18). The highest BCUT2D eigenvalue weighted by atomic mass is 16.5. The van der Waals surface area contributed by atoms with E-state index in [0.717, 1.165) is 0 Å². The van der Waals surface area contributed by atoms with Crippen LogP contribution in [0.1, 0.15) is 17.4 Å². The minimum atomic E-state index is -0.743. The van der Waals surface area contributed by atoms with E-state index in [4.69, 9.17) is 15.2 Å². The third-order valence-corrected chi connectivity index (χ3v) is 2.87. The molecular formula is C13H15N5O4. The maximum Gasteiger partial charge on any atom is 0.271 e. The fraction of sp³-hybridized carbons (Fsp3) is 0.231. The lowest BCUT2D eigenvalue weighted by Crippen LogP contribution is -2.14. The quantitative estimate of drug-likeness (QED) is 0.738. The molecule has 0 aliphatic carbocycles. The summed E-state index contributed by atoms with van der Waals surface area (Å²) in [5, 5.41) is 12.6. The third kappa shape index (κ3) is 2.82. The molecular weight excluding hydrogens is 290 g/mol. The number of nitrogens with one attached hydrogen (secondary N) is 2. The molecule has 2 aromatic rings. The van der Waals surface area contributed by atoms with Gasteiger partial charge in [-0.05, 0) is 6.07 Å². The predicted molar refractivity (Wildman–Crippen MR) is 77.7 cm³/mol. The van der Waals surface area contributed by atoms with Crippen LogP contribution in [0, 0.1) is 0 Å². The maximum atomic E-state index is 11.4. The van der Waals surface area contributed by atoms with Gasteiger partial charge in [0, 0.05) is 18.6 Å². The molecule has 0 bridgehead atoms. The van der Waals surface area contributed by atoms with E-state index in [2.05, 4.69) is 20.7 Å². The Labute approximate surface area is 125 Å². The van der Waals surface area contributed by atoms with Crippen molar-refractivity contribution in [1.29, 1.82) is 0 Å². The molecule has 0 fully saturated rings. The molecule has 0 atom stereocenters. The van der Waals surface area contributed by atoms with Gasteiger partial charge in [0.15, 0.2) is 17.2 Å². The summed E-state index contributed by atoms with van der Waals surface area (Å²) in [6.07, 6.45) is 0. The van der Waals surface area contributed by atoms with Crippen molar-refractivity contribution in [1.82, 2.24) is 15.4 Å². The zero-order valence-electron chi connectivity index (χ0n) is 12.3. The molecule has 0 saturated carbocycles. The number of amides is 2. The lowest BCUT2D eigenvalue weighted by molar-refractivity contribution is -0.114. The summed E-state index contributed by atoms with van der Waals surface area (Å²) in [5.74, 6) is -0.214. The average molecular weight is 305 g/mol. The van der Waals surface area contributed by atoms with Crippen LogP contribution in [-0.2, 0) is 4.79 Å². The summed E-state index contributed by atoms with van der Waals surface area (Å²) in [4.78, 5) is 22.8. The SMILES string of the molecule is COc1cc(NC(C)=O)c(-c2n[nH]nc2C(N)=O)cc1OC. The van der Waals surface area contributed by atoms with Gasteiger partial charge in [-0.15, -0.1) is 0 Å². The Morgan fingerprint density at radius 1 is 1.18 bits per heavy atom. The summed E-state index contributed by atoms with van der Waals surface area (Å²) < 4.78 is 10.4. The molecule has 0 aliphatic heterocycles. The summed E-state index contributed by atoms with van der Waals surface area (Å²) in [6, 6.07) is 3.14. The number of benzene rings is 1. The second-order valence-corrected chi connectivity index (χ2v) is 4.32. The van der Waals surface area contributed by atoms with Crippen molar-refractivity contribution in [3.8, 4) is 22.8 Å². The molecule has 9 nitrogen and oxygen atoms in total. The maximum absolute atomic E-state index is 11.4. The van der Waals surface area contributed by atoms with Crippen LogP contribution in [0.5, 0.6) is 11.5 Å². The van der Waals surface area contributed by atoms with Crippen molar-refractivity contribution in [3.05, 3.63) is 17.8 Å². The fourth-order valence-corrected chi connectivity index (χ4v) is 1.96. The summed E-state index contributed by atoms with van der Waals surface area (Å²) >= 11 is 0. The molecule has 1 aromatic carbocycles. The molecule has 2 rings (SSSR count). The molecule has 0 radical (unpaired) electrons. The Balaban J connectivity index is 2.68. The predicted octanol–water partition coefficient (Wildman–Crippen LogP) is 0.546. The molecule has 1 aromatic heterocycles. The van der Waals surface area contributed by atoms with E-state index in [9.17, 15) is 9.59 Å². The van der Waals surface area contributed by atoms with E-state index >= 15 is 0 Å². The van der Waals surface area contributed by atoms with Gasteiger partial charge in [0.25, 0.3) is 5.91 Å². The van der Waals surface area contributed by atoms with Gasteiger partial charge in [-0.1, -0.05) is 0 Å². The molecule has 0 spiro atoms. The molecule has 2 amide bonds. The smallest absolute Gasteiger partial charge is 0.271 e. The summed E-state index contributed by atoms with van der Waals surface area (Å²) in [6.45, 7) is 1.36. The Hall–Kier alpha value is -3.10. The molecule has 9 heteroatoms. The summed E-state index contributed by atoms with van der Waals surface area (Å²) in [5.41, 5.74) is 6.25. The number of anilines is 1. The van der Waals surface area contributed by atoms with Crippen LogP contribution >= 0.6 is 0 Å². The van der Waals surface area contributed by atoms with E-state index in [1.165, 1.54) is 21.1 Å². The molecule has 1 heterocycles. The Bertz CT molecular complexity index is 725. The van der Waals surface area contributed by atoms with E-state index in [1.54, 1.807) is 12.1 Å². The molecule has 0 saturated heterocycles. The summed E-state index contributed by atoms with van der Waals surface area (Å²) in [7, 11) is 2.94. The molecule has 0 unspecified atom stereocenters. The highest BCUT2D eigenvalue weighted by Gasteiger charge is 2.21. The lowest BCUT2D eigenvalue weighted by Gasteiger charge is -2.14. The van der Waals surface area contributed by atoms with Crippen molar-refractivity contribution in [2.24, 2.45) is 5.73 Å². The van der Waals surface area contributed by atoms with Gasteiger partial charge in [-0.25, -0.2) is 0 Å². The molecule has 0 aliphatic rings. The third-order valence-electron chi connectivity index (χ3n) is 2.87. The Morgan fingerprint density at radius 3 is 2.36 bits per heavy atom. The minimum absolute atomic E-state index is 0.0428. The second kappa shape index (κ2) is 6.12. The monoisotopic (exact) mass is 305 g/mol. The molecule has 22 heavy (non-hydrogen) atoms. The first-order valence-corrected chi connectivity index (χ1v) is 6.22. The minimum Gasteiger partial charge on any atom is -0.493 e. The number of methoxy groups -OCH3 is 2. The number of hydrogen-bond acceptors (Lipinski definition) is 6. The van der Waals surface area contributed by atoms with Gasteiger partial charge in [0.05, 0.1) is 19.9 Å². The van der Waals surface area contributed by atoms with Crippen LogP contribution in [0.4, 0.5) is 5.69 Å². The lowest BCUT2D eigenvalue weighted by atomic mass is 10.1. The van der Waals surface area contributed by atoms with Crippen LogP contribution in [0.25, 0.3) is 11.3 Å². The van der Waals surface area contributed by atoms with Crippen molar-refractivity contribution < 1.29 is 19.1 Å². The van der Waals surface area contributed by atoms with Gasteiger partial charge in [0.1, 0.15) is 5.69 Å². The van der Waals surface area contributed by atoms with Crippen LogP contribution in [0.15, 0.2) is 12.1 Å². The zero-order valence-corrected chi connectivity index (χ0v) is 12.3. The molecule has 4 N–H and O–H groups in total. The number of nitrogens with zero attached hydrogens (tertiary/aromatic N) is 2.